The van der Waals surface area contributed by atoms with E-state index in [-0.39, 0.29) is 10.8 Å². The van der Waals surface area contributed by atoms with Gasteiger partial charge in [0.15, 0.2) is 0 Å². The van der Waals surface area contributed by atoms with E-state index >= 15 is 0 Å². The van der Waals surface area contributed by atoms with E-state index in [0.29, 0.717) is 11.4 Å². The SMILES string of the molecule is COc1ccc(S(=O)(=O)Nc2ccccc2Sc2ccccc2)cc1C(C)C. The molecule has 0 unspecified atom stereocenters. The van der Waals surface area contributed by atoms with Gasteiger partial charge in [-0.1, -0.05) is 55.9 Å². The highest BCUT2D eigenvalue weighted by Gasteiger charge is 2.19. The van der Waals surface area contributed by atoms with E-state index < -0.39 is 10.0 Å². The standard InChI is InChI=1S/C22H23NO3S2/c1-16(2)19-15-18(13-14-21(19)26-3)28(24,25)23-20-11-7-8-12-22(20)27-17-9-5-4-6-10-17/h4-16,23H,1-3H3. The maximum Gasteiger partial charge on any atom is 0.261 e. The largest absolute Gasteiger partial charge is 0.496 e. The Kier molecular flexibility index (Phi) is 6.31. The Morgan fingerprint density at radius 3 is 2.29 bits per heavy atom. The Morgan fingerprint density at radius 2 is 1.61 bits per heavy atom. The summed E-state index contributed by atoms with van der Waals surface area (Å²) in [4.78, 5) is 2.10. The Balaban J connectivity index is 1.92. The Morgan fingerprint density at radius 1 is 0.929 bits per heavy atom. The van der Waals surface area contributed by atoms with Gasteiger partial charge in [0.1, 0.15) is 5.75 Å². The third kappa shape index (κ3) is 4.69. The van der Waals surface area contributed by atoms with E-state index in [1.807, 2.05) is 62.4 Å². The molecule has 3 aromatic rings. The molecule has 28 heavy (non-hydrogen) atoms. The molecule has 0 saturated heterocycles. The summed E-state index contributed by atoms with van der Waals surface area (Å²) in [5.74, 6) is 0.833. The molecule has 0 aliphatic carbocycles. The normalized spacial score (nSPS) is 11.4. The molecule has 0 heterocycles. The minimum atomic E-state index is -3.73. The number of sulfonamides is 1. The van der Waals surface area contributed by atoms with Crippen LogP contribution in [0.15, 0.2) is 87.5 Å². The number of hydrogen-bond donors (Lipinski definition) is 1. The van der Waals surface area contributed by atoms with Gasteiger partial charge in [-0.3, -0.25) is 4.72 Å². The first-order chi connectivity index (χ1) is 13.4. The molecule has 4 nitrogen and oxygen atoms in total. The van der Waals surface area contributed by atoms with Crippen LogP contribution in [0, 0.1) is 0 Å². The number of benzene rings is 3. The maximum absolute atomic E-state index is 13.0. The van der Waals surface area contributed by atoms with Crippen molar-refractivity contribution in [2.75, 3.05) is 11.8 Å². The minimum Gasteiger partial charge on any atom is -0.496 e. The quantitative estimate of drug-likeness (QED) is 0.534. The van der Waals surface area contributed by atoms with Crippen molar-refractivity contribution in [2.24, 2.45) is 0 Å². The lowest BCUT2D eigenvalue weighted by atomic mass is 10.0. The average molecular weight is 414 g/mol. The molecule has 0 fully saturated rings. The van der Waals surface area contributed by atoms with Crippen LogP contribution in [0.3, 0.4) is 0 Å². The van der Waals surface area contributed by atoms with Gasteiger partial charge < -0.3 is 4.74 Å². The molecule has 0 bridgehead atoms. The van der Waals surface area contributed by atoms with E-state index in [2.05, 4.69) is 4.72 Å². The van der Waals surface area contributed by atoms with Crippen LogP contribution in [0.4, 0.5) is 5.69 Å². The van der Waals surface area contributed by atoms with E-state index in [4.69, 9.17) is 4.74 Å². The molecule has 1 N–H and O–H groups in total. The molecular formula is C22H23NO3S2. The van der Waals surface area contributed by atoms with Crippen molar-refractivity contribution in [1.29, 1.82) is 0 Å². The minimum absolute atomic E-state index is 0.144. The van der Waals surface area contributed by atoms with Crippen LogP contribution in [-0.2, 0) is 10.0 Å². The lowest BCUT2D eigenvalue weighted by Gasteiger charge is -2.16. The number of ether oxygens (including phenoxy) is 1. The Labute approximate surface area is 171 Å². The van der Waals surface area contributed by atoms with Gasteiger partial charge in [-0.05, 0) is 53.9 Å². The van der Waals surface area contributed by atoms with Gasteiger partial charge >= 0.3 is 0 Å². The zero-order chi connectivity index (χ0) is 20.1. The number of hydrogen-bond acceptors (Lipinski definition) is 4. The lowest BCUT2D eigenvalue weighted by molar-refractivity contribution is 0.407. The molecule has 0 aromatic heterocycles. The summed E-state index contributed by atoms with van der Waals surface area (Å²) in [6, 6.07) is 22.2. The third-order valence-corrected chi connectivity index (χ3v) is 6.68. The predicted octanol–water partition coefficient (Wildman–Crippen LogP) is 5.77. The number of para-hydroxylation sites is 1. The summed E-state index contributed by atoms with van der Waals surface area (Å²) < 4.78 is 34.1. The van der Waals surface area contributed by atoms with Crippen LogP contribution in [0.5, 0.6) is 5.75 Å². The van der Waals surface area contributed by atoms with Crippen molar-refractivity contribution >= 4 is 27.5 Å². The number of nitrogens with one attached hydrogen (secondary N) is 1. The summed E-state index contributed by atoms with van der Waals surface area (Å²) in [6.07, 6.45) is 0. The van der Waals surface area contributed by atoms with Crippen LogP contribution in [0.25, 0.3) is 0 Å². The topological polar surface area (TPSA) is 55.4 Å². The van der Waals surface area contributed by atoms with Crippen molar-refractivity contribution in [3.8, 4) is 5.75 Å². The van der Waals surface area contributed by atoms with E-state index in [1.165, 1.54) is 11.8 Å². The van der Waals surface area contributed by atoms with Crippen LogP contribution >= 0.6 is 11.8 Å². The zero-order valence-electron chi connectivity index (χ0n) is 16.0. The van der Waals surface area contributed by atoms with Crippen molar-refractivity contribution in [2.45, 2.75) is 34.5 Å². The molecule has 6 heteroatoms. The highest BCUT2D eigenvalue weighted by atomic mass is 32.2. The first kappa shape index (κ1) is 20.3. The zero-order valence-corrected chi connectivity index (χ0v) is 17.7. The van der Waals surface area contributed by atoms with Gasteiger partial charge in [0, 0.05) is 9.79 Å². The summed E-state index contributed by atoms with van der Waals surface area (Å²) in [5, 5.41) is 0. The molecule has 3 rings (SSSR count). The van der Waals surface area contributed by atoms with Crippen LogP contribution in [0.1, 0.15) is 25.3 Å². The van der Waals surface area contributed by atoms with Gasteiger partial charge in [0.05, 0.1) is 17.7 Å². The molecule has 0 radical (unpaired) electrons. The fourth-order valence-corrected chi connectivity index (χ4v) is 4.89. The van der Waals surface area contributed by atoms with Crippen molar-refractivity contribution in [3.05, 3.63) is 78.4 Å². The van der Waals surface area contributed by atoms with E-state index in [0.717, 1.165) is 15.4 Å². The summed E-state index contributed by atoms with van der Waals surface area (Å²) in [6.45, 7) is 4.01. The lowest BCUT2D eigenvalue weighted by Crippen LogP contribution is -2.14. The molecule has 0 atom stereocenters. The first-order valence-electron chi connectivity index (χ1n) is 8.93. The summed E-state index contributed by atoms with van der Waals surface area (Å²) in [5.41, 5.74) is 1.41. The summed E-state index contributed by atoms with van der Waals surface area (Å²) in [7, 11) is -2.14. The average Bonchev–Trinajstić information content (AvgIpc) is 2.69. The fourth-order valence-electron chi connectivity index (χ4n) is 2.79. The second-order valence-corrected chi connectivity index (χ2v) is 9.37. The third-order valence-electron chi connectivity index (χ3n) is 4.24. The molecule has 0 aliphatic heterocycles. The number of methoxy groups -OCH3 is 1. The van der Waals surface area contributed by atoms with Crippen LogP contribution < -0.4 is 9.46 Å². The van der Waals surface area contributed by atoms with Gasteiger partial charge in [0.2, 0.25) is 0 Å². The van der Waals surface area contributed by atoms with Gasteiger partial charge in [-0.2, -0.15) is 0 Å². The Bertz CT molecular complexity index is 1050. The Hall–Kier alpha value is -2.44. The highest BCUT2D eigenvalue weighted by Crippen LogP contribution is 2.35. The molecule has 146 valence electrons. The second kappa shape index (κ2) is 8.71. The number of rotatable bonds is 7. The molecule has 3 aromatic carbocycles. The fraction of sp³-hybridized carbons (Fsp3) is 0.182. The first-order valence-corrected chi connectivity index (χ1v) is 11.2. The second-order valence-electron chi connectivity index (χ2n) is 6.58. The predicted molar refractivity (Wildman–Crippen MR) is 115 cm³/mol. The molecule has 0 spiro atoms. The maximum atomic E-state index is 13.0. The van der Waals surface area contributed by atoms with Gasteiger partial charge in [-0.15, -0.1) is 0 Å². The highest BCUT2D eigenvalue weighted by molar-refractivity contribution is 7.99. The van der Waals surface area contributed by atoms with Crippen LogP contribution in [0.2, 0.25) is 0 Å². The van der Waals surface area contributed by atoms with Crippen molar-refractivity contribution < 1.29 is 13.2 Å². The smallest absolute Gasteiger partial charge is 0.261 e. The molecule has 0 saturated carbocycles. The van der Waals surface area contributed by atoms with E-state index in [9.17, 15) is 8.42 Å². The number of anilines is 1. The van der Waals surface area contributed by atoms with Gasteiger partial charge in [-0.25, -0.2) is 8.42 Å². The van der Waals surface area contributed by atoms with Crippen LogP contribution in [-0.4, -0.2) is 15.5 Å². The van der Waals surface area contributed by atoms with Crippen molar-refractivity contribution in [1.82, 2.24) is 0 Å². The molecular weight excluding hydrogens is 390 g/mol. The van der Waals surface area contributed by atoms with Gasteiger partial charge in [0.25, 0.3) is 10.0 Å². The molecule has 0 aliphatic rings. The summed E-state index contributed by atoms with van der Waals surface area (Å²) >= 11 is 1.52. The monoisotopic (exact) mass is 413 g/mol. The molecule has 0 amide bonds. The van der Waals surface area contributed by atoms with Crippen molar-refractivity contribution in [3.63, 3.8) is 0 Å². The van der Waals surface area contributed by atoms with E-state index in [1.54, 1.807) is 31.4 Å².